The molecule has 0 saturated heterocycles. The topological polar surface area (TPSA) is 90.6 Å². The first-order valence-electron chi connectivity index (χ1n) is 8.36. The lowest BCUT2D eigenvalue weighted by atomic mass is 10.0. The summed E-state index contributed by atoms with van der Waals surface area (Å²) in [5.74, 6) is -0.471. The zero-order valence-corrected chi connectivity index (χ0v) is 17.3. The lowest BCUT2D eigenvalue weighted by Gasteiger charge is -2.21. The highest BCUT2D eigenvalue weighted by Gasteiger charge is 2.21. The van der Waals surface area contributed by atoms with Gasteiger partial charge in [-0.15, -0.1) is 0 Å². The van der Waals surface area contributed by atoms with Crippen LogP contribution in [0.4, 0.5) is 16.2 Å². The van der Waals surface area contributed by atoms with E-state index in [9.17, 15) is 9.59 Å². The molecule has 140 valence electrons. The Morgan fingerprint density at radius 3 is 2.32 bits per heavy atom. The molecular formula is C18H30N2O4Si. The zero-order valence-electron chi connectivity index (χ0n) is 16.3. The Morgan fingerprint density at radius 1 is 1.20 bits per heavy atom. The molecule has 0 aliphatic rings. The van der Waals surface area contributed by atoms with E-state index in [4.69, 9.17) is 15.2 Å². The Labute approximate surface area is 151 Å². The van der Waals surface area contributed by atoms with Crippen LogP contribution in [-0.4, -0.2) is 32.3 Å². The van der Waals surface area contributed by atoms with Gasteiger partial charge in [0.05, 0.1) is 12.2 Å². The quantitative estimate of drug-likeness (QED) is 0.457. The minimum absolute atomic E-state index is 0.282. The van der Waals surface area contributed by atoms with Crippen molar-refractivity contribution in [2.45, 2.75) is 59.0 Å². The van der Waals surface area contributed by atoms with E-state index in [1.165, 1.54) is 0 Å². The number of nitrogens with one attached hydrogen (secondary N) is 1. The number of carbonyl (C=O) groups is 2. The SMILES string of the molecule is Cc1c(NC(=O)OC(C)(C)C)ccc(N)c1C(=O)OCC[Si](C)(C)C. The molecule has 1 amide bonds. The van der Waals surface area contributed by atoms with Crippen LogP contribution in [0.3, 0.4) is 0 Å². The second kappa shape index (κ2) is 7.90. The first-order chi connectivity index (χ1) is 11.3. The summed E-state index contributed by atoms with van der Waals surface area (Å²) >= 11 is 0. The van der Waals surface area contributed by atoms with Gasteiger partial charge in [0.1, 0.15) is 5.60 Å². The highest BCUT2D eigenvalue weighted by atomic mass is 28.3. The number of esters is 1. The van der Waals surface area contributed by atoms with Crippen molar-refractivity contribution in [2.24, 2.45) is 0 Å². The van der Waals surface area contributed by atoms with Gasteiger partial charge in [0.25, 0.3) is 0 Å². The normalized spacial score (nSPS) is 11.8. The van der Waals surface area contributed by atoms with Crippen molar-refractivity contribution in [3.05, 3.63) is 23.3 Å². The van der Waals surface area contributed by atoms with E-state index in [-0.39, 0.29) is 5.56 Å². The fourth-order valence-electron chi connectivity index (χ4n) is 2.07. The average Bonchev–Trinajstić information content (AvgIpc) is 2.38. The van der Waals surface area contributed by atoms with E-state index in [0.29, 0.717) is 23.5 Å². The molecule has 0 aromatic heterocycles. The molecule has 1 aromatic carbocycles. The highest BCUT2D eigenvalue weighted by molar-refractivity contribution is 6.76. The molecule has 0 aliphatic carbocycles. The van der Waals surface area contributed by atoms with Gasteiger partial charge in [-0.2, -0.15) is 0 Å². The van der Waals surface area contributed by atoms with Crippen molar-refractivity contribution < 1.29 is 19.1 Å². The molecule has 0 heterocycles. The van der Waals surface area contributed by atoms with Crippen LogP contribution in [0.25, 0.3) is 0 Å². The van der Waals surface area contributed by atoms with E-state index in [1.807, 2.05) is 0 Å². The lowest BCUT2D eigenvalue weighted by Crippen LogP contribution is -2.27. The summed E-state index contributed by atoms with van der Waals surface area (Å²) in [5, 5.41) is 2.65. The van der Waals surface area contributed by atoms with Crippen LogP contribution in [0, 0.1) is 6.92 Å². The fourth-order valence-corrected chi connectivity index (χ4v) is 2.79. The Hall–Kier alpha value is -2.02. The summed E-state index contributed by atoms with van der Waals surface area (Å²) in [4.78, 5) is 24.4. The molecule has 0 atom stereocenters. The summed E-state index contributed by atoms with van der Waals surface area (Å²) in [7, 11) is -1.29. The minimum Gasteiger partial charge on any atom is -0.462 e. The van der Waals surface area contributed by atoms with Gasteiger partial charge < -0.3 is 15.2 Å². The van der Waals surface area contributed by atoms with Crippen molar-refractivity contribution in [1.82, 2.24) is 0 Å². The van der Waals surface area contributed by atoms with E-state index < -0.39 is 25.7 Å². The molecule has 25 heavy (non-hydrogen) atoms. The molecule has 3 N–H and O–H groups in total. The summed E-state index contributed by atoms with van der Waals surface area (Å²) in [6.07, 6.45) is -0.585. The van der Waals surface area contributed by atoms with Gasteiger partial charge in [0.2, 0.25) is 0 Å². The Kier molecular flexibility index (Phi) is 6.65. The smallest absolute Gasteiger partial charge is 0.412 e. The monoisotopic (exact) mass is 366 g/mol. The van der Waals surface area contributed by atoms with Gasteiger partial charge in [-0.05, 0) is 51.4 Å². The summed E-state index contributed by atoms with van der Waals surface area (Å²) in [5.41, 5.74) is 6.98. The molecule has 0 unspecified atom stereocenters. The number of nitrogens with two attached hydrogens (primary N) is 1. The van der Waals surface area contributed by atoms with Gasteiger partial charge in [0, 0.05) is 19.4 Å². The molecule has 0 aliphatic heterocycles. The first kappa shape index (κ1) is 21.0. The number of anilines is 2. The van der Waals surface area contributed by atoms with Crippen molar-refractivity contribution in [2.75, 3.05) is 17.7 Å². The van der Waals surface area contributed by atoms with Crippen LogP contribution < -0.4 is 11.1 Å². The number of ether oxygens (including phenoxy) is 2. The van der Waals surface area contributed by atoms with Crippen LogP contribution >= 0.6 is 0 Å². The number of rotatable bonds is 5. The maximum absolute atomic E-state index is 12.4. The molecule has 7 heteroatoms. The van der Waals surface area contributed by atoms with Crippen LogP contribution in [0.2, 0.25) is 25.7 Å². The molecule has 6 nitrogen and oxygen atoms in total. The molecule has 1 rings (SSSR count). The third-order valence-corrected chi connectivity index (χ3v) is 5.13. The van der Waals surface area contributed by atoms with Gasteiger partial charge in [-0.1, -0.05) is 19.6 Å². The summed E-state index contributed by atoms with van der Waals surface area (Å²) in [6, 6.07) is 4.11. The van der Waals surface area contributed by atoms with Gasteiger partial charge in [-0.25, -0.2) is 9.59 Å². The third-order valence-electron chi connectivity index (χ3n) is 3.42. The van der Waals surface area contributed by atoms with Crippen molar-refractivity contribution in [3.8, 4) is 0 Å². The maximum atomic E-state index is 12.4. The first-order valence-corrected chi connectivity index (χ1v) is 12.1. The van der Waals surface area contributed by atoms with Crippen LogP contribution in [0.1, 0.15) is 36.7 Å². The van der Waals surface area contributed by atoms with E-state index in [1.54, 1.807) is 39.8 Å². The molecule has 0 spiro atoms. The van der Waals surface area contributed by atoms with Crippen molar-refractivity contribution in [1.29, 1.82) is 0 Å². The van der Waals surface area contributed by atoms with Crippen molar-refractivity contribution in [3.63, 3.8) is 0 Å². The molecule has 0 radical (unpaired) electrons. The number of nitrogen functional groups attached to an aromatic ring is 1. The van der Waals surface area contributed by atoms with E-state index in [0.717, 1.165) is 6.04 Å². The predicted molar refractivity (Wildman–Crippen MR) is 104 cm³/mol. The Morgan fingerprint density at radius 2 is 1.80 bits per heavy atom. The average molecular weight is 367 g/mol. The second-order valence-electron chi connectivity index (χ2n) is 8.28. The summed E-state index contributed by atoms with van der Waals surface area (Å²) < 4.78 is 10.6. The van der Waals surface area contributed by atoms with Gasteiger partial charge in [-0.3, -0.25) is 5.32 Å². The molecule has 1 aromatic rings. The Bertz CT molecular complexity index is 646. The minimum atomic E-state index is -1.29. The van der Waals surface area contributed by atoms with Gasteiger partial charge >= 0.3 is 12.1 Å². The lowest BCUT2D eigenvalue weighted by molar-refractivity contribution is 0.0524. The molecule has 0 bridgehead atoms. The number of carbonyl (C=O) groups excluding carboxylic acids is 2. The second-order valence-corrected chi connectivity index (χ2v) is 13.9. The van der Waals surface area contributed by atoms with Crippen molar-refractivity contribution >= 4 is 31.5 Å². The highest BCUT2D eigenvalue weighted by Crippen LogP contribution is 2.26. The van der Waals surface area contributed by atoms with Crippen LogP contribution in [0.5, 0.6) is 0 Å². The largest absolute Gasteiger partial charge is 0.462 e. The number of hydrogen-bond acceptors (Lipinski definition) is 5. The van der Waals surface area contributed by atoms with E-state index in [2.05, 4.69) is 25.0 Å². The Balaban J connectivity index is 2.91. The van der Waals surface area contributed by atoms with Crippen LogP contribution in [0.15, 0.2) is 12.1 Å². The molecule has 0 fully saturated rings. The fraction of sp³-hybridized carbons (Fsp3) is 0.556. The zero-order chi connectivity index (χ0) is 19.4. The maximum Gasteiger partial charge on any atom is 0.412 e. The summed E-state index contributed by atoms with van der Waals surface area (Å²) in [6.45, 7) is 14.1. The predicted octanol–water partition coefficient (Wildman–Crippen LogP) is 4.42. The van der Waals surface area contributed by atoms with Crippen LogP contribution in [-0.2, 0) is 9.47 Å². The van der Waals surface area contributed by atoms with E-state index >= 15 is 0 Å². The van der Waals surface area contributed by atoms with Gasteiger partial charge in [0.15, 0.2) is 0 Å². The number of amides is 1. The molecular weight excluding hydrogens is 336 g/mol. The molecule has 0 saturated carbocycles. The number of hydrogen-bond donors (Lipinski definition) is 2. The third kappa shape index (κ3) is 7.17. The standard InChI is InChI=1S/C18H30N2O4Si/c1-12-14(20-17(22)24-18(2,3)4)9-8-13(19)15(12)16(21)23-10-11-25(5,6)7/h8-9H,10-11,19H2,1-7H3,(H,20,22). The number of benzene rings is 1.